The molecule has 0 aliphatic rings. The summed E-state index contributed by atoms with van der Waals surface area (Å²) in [5, 5.41) is 5.36. The van der Waals surface area contributed by atoms with Crippen molar-refractivity contribution in [2.24, 2.45) is 0 Å². The van der Waals surface area contributed by atoms with Crippen LogP contribution in [0, 0.1) is 0 Å². The summed E-state index contributed by atoms with van der Waals surface area (Å²) in [4.78, 5) is 21.4. The van der Waals surface area contributed by atoms with E-state index in [1.807, 2.05) is 36.4 Å². The van der Waals surface area contributed by atoms with Gasteiger partial charge in [0.25, 0.3) is 5.91 Å². The minimum absolute atomic E-state index is 0.280. The molecular formula is C23H14ClN3O2. The first-order valence-corrected chi connectivity index (χ1v) is 9.37. The number of pyridine rings is 1. The molecule has 5 rings (SSSR count). The fourth-order valence-corrected chi connectivity index (χ4v) is 3.49. The number of amides is 1. The van der Waals surface area contributed by atoms with Crippen LogP contribution in [-0.4, -0.2) is 15.9 Å². The predicted molar refractivity (Wildman–Crippen MR) is 114 cm³/mol. The van der Waals surface area contributed by atoms with Crippen molar-refractivity contribution >= 4 is 45.1 Å². The lowest BCUT2D eigenvalue weighted by Crippen LogP contribution is -2.13. The third-order valence-electron chi connectivity index (χ3n) is 4.63. The number of aromatic nitrogens is 2. The number of carbonyl (C=O) groups excluding carboxylic acids is 1. The molecule has 0 atom stereocenters. The fraction of sp³-hybridized carbons (Fsp3) is 0. The highest BCUT2D eigenvalue weighted by Crippen LogP contribution is 2.35. The zero-order chi connectivity index (χ0) is 19.8. The Morgan fingerprint density at radius 1 is 0.966 bits per heavy atom. The summed E-state index contributed by atoms with van der Waals surface area (Å²) in [7, 11) is 0. The topological polar surface area (TPSA) is 68.0 Å². The number of hydrogen-bond acceptors (Lipinski definition) is 4. The largest absolute Gasteiger partial charge is 0.436 e. The molecule has 6 heteroatoms. The quantitative estimate of drug-likeness (QED) is 0.407. The van der Waals surface area contributed by atoms with Crippen LogP contribution < -0.4 is 5.32 Å². The van der Waals surface area contributed by atoms with Crippen LogP contribution in [-0.2, 0) is 0 Å². The number of benzene rings is 3. The van der Waals surface area contributed by atoms with E-state index in [1.54, 1.807) is 42.6 Å². The second-order valence-corrected chi connectivity index (χ2v) is 6.95. The highest BCUT2D eigenvalue weighted by Gasteiger charge is 2.16. The maximum absolute atomic E-state index is 12.7. The molecule has 0 saturated heterocycles. The number of oxazole rings is 1. The second kappa shape index (κ2) is 7.04. The first kappa shape index (κ1) is 17.4. The summed E-state index contributed by atoms with van der Waals surface area (Å²) >= 11 is 6.07. The molecule has 1 N–H and O–H groups in total. The number of fused-ring (bicyclic) bond motifs is 2. The van der Waals surface area contributed by atoms with Gasteiger partial charge in [-0.25, -0.2) is 4.98 Å². The van der Waals surface area contributed by atoms with E-state index in [0.29, 0.717) is 33.4 Å². The van der Waals surface area contributed by atoms with Crippen molar-refractivity contribution in [3.8, 4) is 11.5 Å². The van der Waals surface area contributed by atoms with E-state index in [0.717, 1.165) is 16.3 Å². The summed E-state index contributed by atoms with van der Waals surface area (Å²) in [6.45, 7) is 0. The minimum Gasteiger partial charge on any atom is -0.436 e. The molecule has 5 aromatic rings. The molecule has 29 heavy (non-hydrogen) atoms. The highest BCUT2D eigenvalue weighted by molar-refractivity contribution is 6.31. The molecule has 2 aromatic heterocycles. The average molecular weight is 400 g/mol. The van der Waals surface area contributed by atoms with Gasteiger partial charge in [-0.05, 0) is 47.9 Å². The van der Waals surface area contributed by atoms with Gasteiger partial charge in [0.2, 0.25) is 5.89 Å². The van der Waals surface area contributed by atoms with E-state index in [1.165, 1.54) is 0 Å². The van der Waals surface area contributed by atoms with Crippen LogP contribution in [0.3, 0.4) is 0 Å². The molecule has 140 valence electrons. The number of anilines is 1. The van der Waals surface area contributed by atoms with Crippen LogP contribution in [0.25, 0.3) is 33.3 Å². The Morgan fingerprint density at radius 3 is 2.66 bits per heavy atom. The molecule has 2 heterocycles. The number of carbonyl (C=O) groups is 1. The Kier molecular flexibility index (Phi) is 4.22. The Hall–Kier alpha value is -3.70. The molecule has 0 radical (unpaired) electrons. The van der Waals surface area contributed by atoms with E-state index in [-0.39, 0.29) is 5.91 Å². The van der Waals surface area contributed by atoms with Crippen molar-refractivity contribution in [2.45, 2.75) is 0 Å². The Morgan fingerprint density at radius 2 is 1.83 bits per heavy atom. The maximum Gasteiger partial charge on any atom is 0.274 e. The molecule has 0 fully saturated rings. The van der Waals surface area contributed by atoms with Gasteiger partial charge in [0.1, 0.15) is 11.2 Å². The Bertz CT molecular complexity index is 1360. The van der Waals surface area contributed by atoms with E-state index >= 15 is 0 Å². The molecule has 0 unspecified atom stereocenters. The van der Waals surface area contributed by atoms with Gasteiger partial charge < -0.3 is 9.73 Å². The predicted octanol–water partition coefficient (Wildman–Crippen LogP) is 5.95. The molecule has 0 bridgehead atoms. The maximum atomic E-state index is 12.7. The zero-order valence-electron chi connectivity index (χ0n) is 15.1. The first-order valence-electron chi connectivity index (χ1n) is 9.00. The van der Waals surface area contributed by atoms with Crippen molar-refractivity contribution < 1.29 is 9.21 Å². The van der Waals surface area contributed by atoms with Crippen molar-refractivity contribution in [2.75, 3.05) is 5.32 Å². The van der Waals surface area contributed by atoms with Gasteiger partial charge in [-0.3, -0.25) is 9.78 Å². The van der Waals surface area contributed by atoms with Gasteiger partial charge in [-0.2, -0.15) is 0 Å². The lowest BCUT2D eigenvalue weighted by atomic mass is 10.0. The molecule has 0 saturated carbocycles. The van der Waals surface area contributed by atoms with Crippen LogP contribution in [0.5, 0.6) is 0 Å². The number of nitrogens with zero attached hydrogens (tertiary/aromatic N) is 2. The molecule has 1 amide bonds. The van der Waals surface area contributed by atoms with Crippen molar-refractivity contribution in [1.82, 2.24) is 9.97 Å². The number of rotatable bonds is 3. The fourth-order valence-electron chi connectivity index (χ4n) is 3.32. The third kappa shape index (κ3) is 3.22. The lowest BCUT2D eigenvalue weighted by Gasteiger charge is -2.11. The molecule has 0 aliphatic heterocycles. The highest BCUT2D eigenvalue weighted by atomic mass is 35.5. The van der Waals surface area contributed by atoms with E-state index in [9.17, 15) is 4.79 Å². The molecule has 3 aromatic carbocycles. The van der Waals surface area contributed by atoms with Gasteiger partial charge in [-0.15, -0.1) is 0 Å². The van der Waals surface area contributed by atoms with Crippen LogP contribution >= 0.6 is 11.6 Å². The first-order chi connectivity index (χ1) is 14.2. The van der Waals surface area contributed by atoms with E-state index < -0.39 is 0 Å². The third-order valence-corrected chi connectivity index (χ3v) is 4.87. The number of halogens is 1. The van der Waals surface area contributed by atoms with Crippen LogP contribution in [0.2, 0.25) is 5.02 Å². The SMILES string of the molecule is O=C(Nc1cccc2cccc(-c3nc4cc(Cl)ccc4o3)c12)c1ccccn1. The van der Waals surface area contributed by atoms with Crippen LogP contribution in [0.4, 0.5) is 5.69 Å². The Labute approximate surface area is 171 Å². The average Bonchev–Trinajstić information content (AvgIpc) is 3.17. The van der Waals surface area contributed by atoms with Gasteiger partial charge >= 0.3 is 0 Å². The standard InChI is InChI=1S/C23H14ClN3O2/c24-15-10-11-20-19(13-15)27-23(29-20)16-7-3-5-14-6-4-9-17(21(14)16)26-22(28)18-8-1-2-12-25-18/h1-13H,(H,26,28). The normalized spacial score (nSPS) is 11.1. The van der Waals surface area contributed by atoms with E-state index in [4.69, 9.17) is 16.0 Å². The van der Waals surface area contributed by atoms with Crippen molar-refractivity contribution in [1.29, 1.82) is 0 Å². The number of hydrogen-bond donors (Lipinski definition) is 1. The molecule has 0 aliphatic carbocycles. The van der Waals surface area contributed by atoms with Crippen LogP contribution in [0.15, 0.2) is 83.4 Å². The Balaban J connectivity index is 1.65. The summed E-state index contributed by atoms with van der Waals surface area (Å²) < 4.78 is 5.97. The van der Waals surface area contributed by atoms with Gasteiger partial charge in [-0.1, -0.05) is 41.9 Å². The van der Waals surface area contributed by atoms with E-state index in [2.05, 4.69) is 15.3 Å². The summed E-state index contributed by atoms with van der Waals surface area (Å²) in [6.07, 6.45) is 1.59. The van der Waals surface area contributed by atoms with Crippen molar-refractivity contribution in [3.05, 3.63) is 89.7 Å². The van der Waals surface area contributed by atoms with Gasteiger partial charge in [0.05, 0.1) is 0 Å². The zero-order valence-corrected chi connectivity index (χ0v) is 15.9. The monoisotopic (exact) mass is 399 g/mol. The summed E-state index contributed by atoms with van der Waals surface area (Å²) in [5.41, 5.74) is 3.12. The minimum atomic E-state index is -0.280. The van der Waals surface area contributed by atoms with Crippen molar-refractivity contribution in [3.63, 3.8) is 0 Å². The molecule has 5 nitrogen and oxygen atoms in total. The second-order valence-electron chi connectivity index (χ2n) is 6.51. The lowest BCUT2D eigenvalue weighted by molar-refractivity contribution is 0.102. The van der Waals surface area contributed by atoms with Gasteiger partial charge in [0, 0.05) is 27.9 Å². The van der Waals surface area contributed by atoms with Crippen LogP contribution in [0.1, 0.15) is 10.5 Å². The number of nitrogens with one attached hydrogen (secondary N) is 1. The smallest absolute Gasteiger partial charge is 0.274 e. The molecule has 0 spiro atoms. The van der Waals surface area contributed by atoms with Gasteiger partial charge in [0.15, 0.2) is 5.58 Å². The summed E-state index contributed by atoms with van der Waals surface area (Å²) in [6, 6.07) is 22.1. The molecular weight excluding hydrogens is 386 g/mol. The summed E-state index contributed by atoms with van der Waals surface area (Å²) in [5.74, 6) is 0.185.